The summed E-state index contributed by atoms with van der Waals surface area (Å²) in [7, 11) is -5.74. The second-order valence-electron chi connectivity index (χ2n) is 12.7. The molecule has 1 aliphatic heterocycles. The predicted octanol–water partition coefficient (Wildman–Crippen LogP) is 6.37. The highest BCUT2D eigenvalue weighted by molar-refractivity contribution is 7.95. The van der Waals surface area contributed by atoms with Crippen LogP contribution in [0.15, 0.2) is 32.5 Å². The molecular formula is C28H41N3O4S2Si. The van der Waals surface area contributed by atoms with Crippen LogP contribution in [-0.4, -0.2) is 36.8 Å². The molecule has 10 heteroatoms. The fourth-order valence-electron chi connectivity index (χ4n) is 5.05. The van der Waals surface area contributed by atoms with E-state index < -0.39 is 29.8 Å². The van der Waals surface area contributed by atoms with E-state index >= 15 is 0 Å². The zero-order valence-electron chi connectivity index (χ0n) is 23.2. The third-order valence-electron chi connectivity index (χ3n) is 8.76. The monoisotopic (exact) mass is 575 g/mol. The fraction of sp³-hybridized carbons (Fsp3) is 0.607. The van der Waals surface area contributed by atoms with E-state index in [-0.39, 0.29) is 18.3 Å². The molecule has 1 aromatic carbocycles. The van der Waals surface area contributed by atoms with Crippen LogP contribution in [0.5, 0.6) is 0 Å². The summed E-state index contributed by atoms with van der Waals surface area (Å²) in [5.74, 6) is 0.668. The Morgan fingerprint density at radius 2 is 1.92 bits per heavy atom. The number of nitrogens with one attached hydrogen (secondary N) is 2. The summed E-state index contributed by atoms with van der Waals surface area (Å²) in [6.45, 7) is 10.9. The zero-order valence-corrected chi connectivity index (χ0v) is 25.8. The van der Waals surface area contributed by atoms with Crippen molar-refractivity contribution in [1.29, 1.82) is 0 Å². The number of rotatable bonds is 7. The second-order valence-corrected chi connectivity index (χ2v) is 21.1. The number of nitrogens with zero attached hydrogens (tertiary/aromatic N) is 1. The lowest BCUT2D eigenvalue weighted by Crippen LogP contribution is -2.45. The van der Waals surface area contributed by atoms with Crippen molar-refractivity contribution in [2.45, 2.75) is 93.7 Å². The first-order valence-electron chi connectivity index (χ1n) is 13.7. The average molecular weight is 576 g/mol. The van der Waals surface area contributed by atoms with Gasteiger partial charge in [-0.3, -0.25) is 4.03 Å². The number of aryl methyl sites for hydroxylation is 1. The van der Waals surface area contributed by atoms with Gasteiger partial charge in [-0.25, -0.2) is 13.7 Å². The van der Waals surface area contributed by atoms with Crippen LogP contribution >= 0.6 is 11.3 Å². The molecule has 2 aromatic rings. The predicted molar refractivity (Wildman–Crippen MR) is 157 cm³/mol. The summed E-state index contributed by atoms with van der Waals surface area (Å²) in [6, 6.07) is 7.41. The Balaban J connectivity index is 1.48. The maximum Gasteiger partial charge on any atom is 0.331 e. The molecule has 0 spiro atoms. The number of anilines is 1. The van der Waals surface area contributed by atoms with Crippen LogP contribution in [0, 0.1) is 5.92 Å². The van der Waals surface area contributed by atoms with E-state index in [0.717, 1.165) is 31.4 Å². The number of urea groups is 1. The van der Waals surface area contributed by atoms with Gasteiger partial charge >= 0.3 is 6.03 Å². The number of amides is 2. The van der Waals surface area contributed by atoms with Crippen LogP contribution < -0.4 is 10.0 Å². The first-order valence-corrected chi connectivity index (χ1v) is 19.0. The lowest BCUT2D eigenvalue weighted by atomic mass is 9.80. The van der Waals surface area contributed by atoms with Crippen LogP contribution in [0.1, 0.15) is 68.0 Å². The van der Waals surface area contributed by atoms with Crippen molar-refractivity contribution >= 4 is 41.2 Å². The van der Waals surface area contributed by atoms with Gasteiger partial charge in [0.2, 0.25) is 0 Å². The van der Waals surface area contributed by atoms with E-state index in [1.165, 1.54) is 47.3 Å². The minimum atomic E-state index is -3.30. The number of aliphatic hydroxyl groups is 1. The van der Waals surface area contributed by atoms with Gasteiger partial charge in [0.15, 0.2) is 18.2 Å². The molecule has 0 bridgehead atoms. The molecule has 1 unspecified atom stereocenters. The first kappa shape index (κ1) is 27.8. The van der Waals surface area contributed by atoms with Crippen molar-refractivity contribution in [3.05, 3.63) is 45.8 Å². The molecule has 2 aliphatic carbocycles. The Kier molecular flexibility index (Phi) is 7.35. The molecule has 7 nitrogen and oxygen atoms in total. The quantitative estimate of drug-likeness (QED) is 0.334. The number of carbonyl (C=O) groups is 1. The first-order chi connectivity index (χ1) is 17.8. The molecule has 1 atom stereocenters. The number of thiophene rings is 1. The third kappa shape index (κ3) is 5.34. The van der Waals surface area contributed by atoms with Gasteiger partial charge in [0, 0.05) is 10.6 Å². The molecule has 0 radical (unpaired) electrons. The van der Waals surface area contributed by atoms with Gasteiger partial charge in [-0.2, -0.15) is 0 Å². The fourth-order valence-corrected chi connectivity index (χ4v) is 11.9. The highest BCUT2D eigenvalue weighted by Crippen LogP contribution is 2.41. The topological polar surface area (TPSA) is 100 Å². The van der Waals surface area contributed by atoms with Gasteiger partial charge < -0.3 is 15.2 Å². The van der Waals surface area contributed by atoms with Crippen LogP contribution in [0.4, 0.5) is 10.5 Å². The van der Waals surface area contributed by atoms with Gasteiger partial charge in [-0.05, 0) is 78.6 Å². The Labute approximate surface area is 232 Å². The number of ether oxygens (including phenoxy) is 1. The van der Waals surface area contributed by atoms with Gasteiger partial charge in [-0.1, -0.05) is 52.2 Å². The summed E-state index contributed by atoms with van der Waals surface area (Å²) in [5.41, 5.74) is 3.51. The molecule has 5 rings (SSSR count). The second kappa shape index (κ2) is 10.0. The zero-order chi connectivity index (χ0) is 27.3. The van der Waals surface area contributed by atoms with Crippen LogP contribution in [0.25, 0.3) is 0 Å². The summed E-state index contributed by atoms with van der Waals surface area (Å²) >= 11 is 1.24. The van der Waals surface area contributed by atoms with E-state index in [9.17, 15) is 14.1 Å². The van der Waals surface area contributed by atoms with Crippen LogP contribution in [0.3, 0.4) is 0 Å². The van der Waals surface area contributed by atoms with Crippen LogP contribution in [-0.2, 0) is 39.5 Å². The summed E-state index contributed by atoms with van der Waals surface area (Å²) in [4.78, 5) is 14.3. The molecule has 208 valence electrons. The van der Waals surface area contributed by atoms with Gasteiger partial charge in [0.05, 0.1) is 13.2 Å². The molecule has 3 aliphatic rings. The summed E-state index contributed by atoms with van der Waals surface area (Å²) in [5, 5.41) is 13.8. The number of carbonyl (C=O) groups excluding carboxylic acids is 1. The highest BCUT2D eigenvalue weighted by Gasteiger charge is 2.41. The molecular weight excluding hydrogens is 535 g/mol. The van der Waals surface area contributed by atoms with E-state index in [1.807, 2.05) is 0 Å². The van der Waals surface area contributed by atoms with Gasteiger partial charge in [0.1, 0.15) is 9.81 Å². The number of hydrogen-bond acceptors (Lipinski definition) is 6. The Bertz CT molecular complexity index is 1350. The maximum atomic E-state index is 14.6. The van der Waals surface area contributed by atoms with E-state index in [2.05, 4.69) is 56.0 Å². The Morgan fingerprint density at radius 3 is 2.53 bits per heavy atom. The lowest BCUT2D eigenvalue weighted by molar-refractivity contribution is -0.182. The van der Waals surface area contributed by atoms with Gasteiger partial charge in [-0.15, -0.1) is 11.3 Å². The number of hydrogen-bond donors (Lipinski definition) is 3. The minimum Gasteiger partial charge on any atom is -0.379 e. The Morgan fingerprint density at radius 1 is 1.18 bits per heavy atom. The molecule has 1 saturated heterocycles. The van der Waals surface area contributed by atoms with E-state index in [1.54, 1.807) is 12.1 Å². The van der Waals surface area contributed by atoms with Crippen LogP contribution in [0.2, 0.25) is 18.1 Å². The van der Waals surface area contributed by atoms with Crippen molar-refractivity contribution < 1.29 is 18.8 Å². The number of fused-ring (bicyclic) bond motifs is 1. The molecule has 1 saturated carbocycles. The molecule has 1 aromatic heterocycles. The third-order valence-corrected chi connectivity index (χ3v) is 18.4. The molecule has 2 amide bonds. The SMILES string of the molecule is CC(C)(C)[Si](C)(C)N=S(=O)(NC(=O)Nc1c(CC2CCC2)ccc2c1CCC2)c1ccc(C2(O)COC2)s1. The van der Waals surface area contributed by atoms with Crippen molar-refractivity contribution in [3.63, 3.8) is 0 Å². The van der Waals surface area contributed by atoms with Crippen molar-refractivity contribution in [2.75, 3.05) is 18.5 Å². The maximum absolute atomic E-state index is 14.6. The lowest BCUT2D eigenvalue weighted by Gasteiger charge is -2.35. The standard InChI is InChI=1S/C28H41N3O4S2Si/c1-27(2,3)38(4,5)31-37(34,24-15-14-23(36-24)28(33)17-35-18-28)30-26(32)29-25-21(16-19-8-6-9-19)13-12-20-10-7-11-22(20)25/h12-15,19,33H,6-11,16-18H2,1-5H3,(H2,29,30,31,32,34). The average Bonchev–Trinajstić information content (AvgIpc) is 3.45. The van der Waals surface area contributed by atoms with Crippen molar-refractivity contribution in [1.82, 2.24) is 4.72 Å². The molecule has 2 fully saturated rings. The molecule has 2 heterocycles. The van der Waals surface area contributed by atoms with Gasteiger partial charge in [0.25, 0.3) is 0 Å². The molecule has 38 heavy (non-hydrogen) atoms. The van der Waals surface area contributed by atoms with Crippen molar-refractivity contribution in [3.8, 4) is 0 Å². The normalized spacial score (nSPS) is 20.6. The summed E-state index contributed by atoms with van der Waals surface area (Å²) in [6.07, 6.45) is 7.77. The Hall–Kier alpha value is -1.72. The highest BCUT2D eigenvalue weighted by atomic mass is 32.2. The molecule has 3 N–H and O–H groups in total. The van der Waals surface area contributed by atoms with Crippen molar-refractivity contribution in [2.24, 2.45) is 9.95 Å². The largest absolute Gasteiger partial charge is 0.379 e. The smallest absolute Gasteiger partial charge is 0.331 e. The summed E-state index contributed by atoms with van der Waals surface area (Å²) < 4.78 is 28.1. The number of benzene rings is 1. The van der Waals surface area contributed by atoms with E-state index in [0.29, 0.717) is 15.0 Å². The van der Waals surface area contributed by atoms with E-state index in [4.69, 9.17) is 8.77 Å². The minimum absolute atomic E-state index is 0.163.